The van der Waals surface area contributed by atoms with Gasteiger partial charge >= 0.3 is 5.97 Å². The minimum absolute atomic E-state index is 0.0817. The number of aryl methyl sites for hydroxylation is 1. The molecule has 0 aliphatic heterocycles. The number of nitrogens with zero attached hydrogens (tertiary/aromatic N) is 2. The molecular formula is C16H8F2N2O2S. The van der Waals surface area contributed by atoms with Crippen molar-refractivity contribution in [1.82, 2.24) is 4.98 Å². The maximum absolute atomic E-state index is 14.0. The van der Waals surface area contributed by atoms with Crippen LogP contribution in [0.2, 0.25) is 0 Å². The van der Waals surface area contributed by atoms with Gasteiger partial charge in [0, 0.05) is 22.4 Å². The molecule has 0 atom stereocenters. The Kier molecular flexibility index (Phi) is 3.54. The third-order valence-corrected chi connectivity index (χ3v) is 4.54. The van der Waals surface area contributed by atoms with Crippen LogP contribution in [-0.4, -0.2) is 16.1 Å². The van der Waals surface area contributed by atoms with Crippen LogP contribution in [0.25, 0.3) is 21.3 Å². The third kappa shape index (κ3) is 2.53. The quantitative estimate of drug-likeness (QED) is 0.767. The summed E-state index contributed by atoms with van der Waals surface area (Å²) in [7, 11) is 0. The lowest BCUT2D eigenvalue weighted by atomic mass is 10.0. The van der Waals surface area contributed by atoms with E-state index in [1.54, 1.807) is 6.92 Å². The van der Waals surface area contributed by atoms with Crippen LogP contribution in [0.3, 0.4) is 0 Å². The van der Waals surface area contributed by atoms with Crippen LogP contribution in [0, 0.1) is 29.9 Å². The summed E-state index contributed by atoms with van der Waals surface area (Å²) in [5.41, 5.74) is 0.858. The van der Waals surface area contributed by atoms with Gasteiger partial charge in [-0.05, 0) is 25.1 Å². The molecule has 1 heterocycles. The van der Waals surface area contributed by atoms with E-state index in [4.69, 9.17) is 5.11 Å². The Bertz CT molecular complexity index is 1010. The highest BCUT2D eigenvalue weighted by atomic mass is 32.1. The number of nitriles is 1. The average Bonchev–Trinajstić information content (AvgIpc) is 2.88. The van der Waals surface area contributed by atoms with Crippen molar-refractivity contribution >= 4 is 28.1 Å². The van der Waals surface area contributed by atoms with Crippen molar-refractivity contribution in [2.45, 2.75) is 6.92 Å². The monoisotopic (exact) mass is 330 g/mol. The number of halogens is 2. The molecule has 0 aliphatic rings. The molecule has 0 fully saturated rings. The molecule has 0 radical (unpaired) electrons. The Balaban J connectivity index is 2.29. The van der Waals surface area contributed by atoms with Gasteiger partial charge in [0.1, 0.15) is 21.5 Å². The number of hydrogen-bond acceptors (Lipinski definition) is 4. The van der Waals surface area contributed by atoms with Gasteiger partial charge in [0.05, 0.1) is 17.3 Å². The SMILES string of the molecule is Cc1nc(-c2cc(C#N)c3cc(F)cc(F)c3c2)sc1C(=O)O. The molecule has 0 saturated heterocycles. The molecule has 3 rings (SSSR count). The van der Waals surface area contributed by atoms with Crippen LogP contribution in [0.4, 0.5) is 8.78 Å². The minimum atomic E-state index is -1.10. The Labute approximate surface area is 133 Å². The number of thiazole rings is 1. The summed E-state index contributed by atoms with van der Waals surface area (Å²) in [4.78, 5) is 15.4. The van der Waals surface area contributed by atoms with E-state index >= 15 is 0 Å². The molecule has 4 nitrogen and oxygen atoms in total. The molecule has 114 valence electrons. The molecule has 0 bridgehead atoms. The maximum atomic E-state index is 14.0. The van der Waals surface area contributed by atoms with Gasteiger partial charge in [-0.3, -0.25) is 0 Å². The van der Waals surface area contributed by atoms with Crippen molar-refractivity contribution in [1.29, 1.82) is 5.26 Å². The molecule has 2 aromatic carbocycles. The fourth-order valence-corrected chi connectivity index (χ4v) is 3.21. The Morgan fingerprint density at radius 3 is 2.61 bits per heavy atom. The molecule has 0 aliphatic carbocycles. The van der Waals surface area contributed by atoms with Crippen LogP contribution in [0.15, 0.2) is 24.3 Å². The van der Waals surface area contributed by atoms with E-state index in [1.807, 2.05) is 6.07 Å². The molecule has 7 heteroatoms. The van der Waals surface area contributed by atoms with Crippen molar-refractivity contribution in [3.8, 4) is 16.6 Å². The molecule has 23 heavy (non-hydrogen) atoms. The van der Waals surface area contributed by atoms with Crippen LogP contribution in [-0.2, 0) is 0 Å². The summed E-state index contributed by atoms with van der Waals surface area (Å²) in [5.74, 6) is -2.65. The number of aromatic carboxylic acids is 1. The molecule has 1 aromatic heterocycles. The lowest BCUT2D eigenvalue weighted by Crippen LogP contribution is -1.94. The predicted octanol–water partition coefficient (Wildman–Crippen LogP) is 4.12. The van der Waals surface area contributed by atoms with Crippen molar-refractivity contribution in [3.05, 3.63) is 52.0 Å². The van der Waals surface area contributed by atoms with E-state index in [2.05, 4.69) is 4.98 Å². The van der Waals surface area contributed by atoms with Gasteiger partial charge in [-0.15, -0.1) is 11.3 Å². The van der Waals surface area contributed by atoms with Gasteiger partial charge in [0.25, 0.3) is 0 Å². The largest absolute Gasteiger partial charge is 0.477 e. The molecule has 1 N–H and O–H groups in total. The number of carbonyl (C=O) groups is 1. The first kappa shape index (κ1) is 15.1. The lowest BCUT2D eigenvalue weighted by Gasteiger charge is -2.05. The zero-order valence-corrected chi connectivity index (χ0v) is 12.5. The second kappa shape index (κ2) is 5.41. The first-order valence-electron chi connectivity index (χ1n) is 6.44. The van der Waals surface area contributed by atoms with Crippen LogP contribution in [0.5, 0.6) is 0 Å². The Hall–Kier alpha value is -2.85. The highest BCUT2D eigenvalue weighted by Crippen LogP contribution is 2.33. The highest BCUT2D eigenvalue weighted by molar-refractivity contribution is 7.17. The molecule has 0 spiro atoms. The summed E-state index contributed by atoms with van der Waals surface area (Å²) in [6, 6.07) is 6.63. The second-order valence-corrected chi connectivity index (χ2v) is 5.86. The van der Waals surface area contributed by atoms with Crippen molar-refractivity contribution in [2.75, 3.05) is 0 Å². The maximum Gasteiger partial charge on any atom is 0.347 e. The van der Waals surface area contributed by atoms with Crippen molar-refractivity contribution in [2.24, 2.45) is 0 Å². The number of fused-ring (bicyclic) bond motifs is 1. The fraction of sp³-hybridized carbons (Fsp3) is 0.0625. The van der Waals surface area contributed by atoms with Gasteiger partial charge in [0.15, 0.2) is 0 Å². The number of rotatable bonds is 2. The number of carboxylic acids is 1. The third-order valence-electron chi connectivity index (χ3n) is 3.34. The number of aromatic nitrogens is 1. The zero-order valence-electron chi connectivity index (χ0n) is 11.7. The van der Waals surface area contributed by atoms with Crippen molar-refractivity contribution in [3.63, 3.8) is 0 Å². The first-order valence-corrected chi connectivity index (χ1v) is 7.26. The summed E-state index contributed by atoms with van der Waals surface area (Å²) < 4.78 is 27.4. The standard InChI is InChI=1S/C16H8F2N2O2S/c1-7-14(16(21)22)23-15(20-7)8-2-9(6-19)11-4-10(17)5-13(18)12(11)3-8/h2-5H,1H3,(H,21,22). The molecule has 0 unspecified atom stereocenters. The molecule has 0 amide bonds. The average molecular weight is 330 g/mol. The van der Waals surface area contributed by atoms with Gasteiger partial charge in [-0.25, -0.2) is 18.6 Å². The normalized spacial score (nSPS) is 10.7. The van der Waals surface area contributed by atoms with Crippen LogP contribution >= 0.6 is 11.3 Å². The van der Waals surface area contributed by atoms with Gasteiger partial charge in [0.2, 0.25) is 0 Å². The minimum Gasteiger partial charge on any atom is -0.477 e. The number of benzene rings is 2. The van der Waals surface area contributed by atoms with E-state index in [1.165, 1.54) is 12.1 Å². The fourth-order valence-electron chi connectivity index (χ4n) is 2.32. The molecule has 0 saturated carbocycles. The molecule has 3 aromatic rings. The van der Waals surface area contributed by atoms with Crippen LogP contribution in [0.1, 0.15) is 20.9 Å². The number of carboxylic acid groups (broad SMARTS) is 1. The first-order chi connectivity index (χ1) is 10.9. The Morgan fingerprint density at radius 1 is 1.26 bits per heavy atom. The van der Waals surface area contributed by atoms with E-state index in [-0.39, 0.29) is 21.2 Å². The Morgan fingerprint density at radius 2 is 2.00 bits per heavy atom. The van der Waals surface area contributed by atoms with Crippen molar-refractivity contribution < 1.29 is 18.7 Å². The van der Waals surface area contributed by atoms with Gasteiger partial charge in [-0.2, -0.15) is 5.26 Å². The van der Waals surface area contributed by atoms with E-state index in [0.29, 0.717) is 16.3 Å². The zero-order chi connectivity index (χ0) is 16.7. The highest BCUT2D eigenvalue weighted by Gasteiger charge is 2.17. The van der Waals surface area contributed by atoms with Crippen LogP contribution < -0.4 is 0 Å². The molecular weight excluding hydrogens is 322 g/mol. The summed E-state index contributed by atoms with van der Waals surface area (Å²) in [5, 5.41) is 18.9. The number of hydrogen-bond donors (Lipinski definition) is 1. The van der Waals surface area contributed by atoms with Gasteiger partial charge in [-0.1, -0.05) is 0 Å². The lowest BCUT2D eigenvalue weighted by molar-refractivity contribution is 0.0701. The van der Waals surface area contributed by atoms with E-state index in [0.717, 1.165) is 23.5 Å². The second-order valence-electron chi connectivity index (χ2n) is 4.86. The van der Waals surface area contributed by atoms with E-state index < -0.39 is 17.6 Å². The summed E-state index contributed by atoms with van der Waals surface area (Å²) >= 11 is 0.941. The smallest absolute Gasteiger partial charge is 0.347 e. The van der Waals surface area contributed by atoms with Gasteiger partial charge < -0.3 is 5.11 Å². The summed E-state index contributed by atoms with van der Waals surface area (Å²) in [6.45, 7) is 1.56. The predicted molar refractivity (Wildman–Crippen MR) is 81.4 cm³/mol. The van der Waals surface area contributed by atoms with E-state index in [9.17, 15) is 18.8 Å². The topological polar surface area (TPSA) is 74.0 Å². The summed E-state index contributed by atoms with van der Waals surface area (Å²) in [6.07, 6.45) is 0.